The van der Waals surface area contributed by atoms with Crippen LogP contribution in [0.2, 0.25) is 5.02 Å². The lowest BCUT2D eigenvalue weighted by Gasteiger charge is -2.37. The first-order valence-corrected chi connectivity index (χ1v) is 10.9. The molecular weight excluding hydrogens is 372 g/mol. The third-order valence-electron chi connectivity index (χ3n) is 5.30. The van der Waals surface area contributed by atoms with Crippen molar-refractivity contribution in [2.75, 3.05) is 14.1 Å². The molecule has 2 rings (SSSR count). The largest absolute Gasteiger partial charge is 0.349 e. The van der Waals surface area contributed by atoms with Crippen LogP contribution in [0.25, 0.3) is 0 Å². The molecule has 7 heteroatoms. The molecule has 3 atom stereocenters. The molecule has 1 aliphatic carbocycles. The standard InChI is InChI=1S/C19H29ClN2O3S/c1-12(2)15-8-6-13(3)10-18(15)21-19(23)16-11-14(7-9-17(16)20)26(24,25)22(4)5/h7,9,11-13,15,18H,6,8,10H2,1-5H3,(H,21,23). The van der Waals surface area contributed by atoms with Gasteiger partial charge in [0.15, 0.2) is 0 Å². The highest BCUT2D eigenvalue weighted by Crippen LogP contribution is 2.34. The van der Waals surface area contributed by atoms with Crippen LogP contribution >= 0.6 is 11.6 Å². The van der Waals surface area contributed by atoms with Crippen molar-refractivity contribution in [1.82, 2.24) is 9.62 Å². The van der Waals surface area contributed by atoms with Gasteiger partial charge in [-0.05, 0) is 48.8 Å². The fourth-order valence-corrected chi connectivity index (χ4v) is 4.80. The predicted molar refractivity (Wildman–Crippen MR) is 105 cm³/mol. The average molecular weight is 401 g/mol. The molecule has 1 amide bonds. The molecule has 1 aromatic carbocycles. The number of nitrogens with zero attached hydrogens (tertiary/aromatic N) is 1. The van der Waals surface area contributed by atoms with Crippen molar-refractivity contribution in [1.29, 1.82) is 0 Å². The van der Waals surface area contributed by atoms with Crippen molar-refractivity contribution in [3.8, 4) is 0 Å². The highest BCUT2D eigenvalue weighted by molar-refractivity contribution is 7.89. The van der Waals surface area contributed by atoms with Crippen molar-refractivity contribution >= 4 is 27.5 Å². The molecule has 26 heavy (non-hydrogen) atoms. The number of hydrogen-bond acceptors (Lipinski definition) is 3. The van der Waals surface area contributed by atoms with Crippen LogP contribution in [-0.4, -0.2) is 38.8 Å². The Hall–Kier alpha value is -1.11. The Morgan fingerprint density at radius 3 is 2.50 bits per heavy atom. The van der Waals surface area contributed by atoms with Gasteiger partial charge in [0.05, 0.1) is 15.5 Å². The van der Waals surface area contributed by atoms with Crippen LogP contribution < -0.4 is 5.32 Å². The summed E-state index contributed by atoms with van der Waals surface area (Å²) in [4.78, 5) is 12.9. The van der Waals surface area contributed by atoms with Crippen molar-refractivity contribution in [2.45, 2.75) is 51.0 Å². The molecule has 0 saturated heterocycles. The summed E-state index contributed by atoms with van der Waals surface area (Å²) in [6.45, 7) is 6.56. The fraction of sp³-hybridized carbons (Fsp3) is 0.632. The lowest BCUT2D eigenvalue weighted by molar-refractivity contribution is 0.0868. The topological polar surface area (TPSA) is 66.5 Å². The van der Waals surface area contributed by atoms with E-state index in [1.54, 1.807) is 0 Å². The minimum atomic E-state index is -3.62. The van der Waals surface area contributed by atoms with Crippen molar-refractivity contribution in [3.63, 3.8) is 0 Å². The molecule has 1 aliphatic rings. The molecular formula is C19H29ClN2O3S. The highest BCUT2D eigenvalue weighted by Gasteiger charge is 2.32. The van der Waals surface area contributed by atoms with Gasteiger partial charge in [0.2, 0.25) is 10.0 Å². The van der Waals surface area contributed by atoms with Gasteiger partial charge in [0.1, 0.15) is 0 Å². The molecule has 3 unspecified atom stereocenters. The molecule has 1 N–H and O–H groups in total. The maximum atomic E-state index is 12.9. The van der Waals surface area contributed by atoms with Crippen molar-refractivity contribution in [3.05, 3.63) is 28.8 Å². The Kier molecular flexibility index (Phi) is 6.75. The molecule has 5 nitrogen and oxygen atoms in total. The Bertz CT molecular complexity index is 762. The van der Waals surface area contributed by atoms with Gasteiger partial charge < -0.3 is 5.32 Å². The van der Waals surface area contributed by atoms with Crippen LogP contribution in [0.15, 0.2) is 23.1 Å². The number of carbonyl (C=O) groups is 1. The maximum absolute atomic E-state index is 12.9. The highest BCUT2D eigenvalue weighted by atomic mass is 35.5. The van der Waals surface area contributed by atoms with E-state index in [2.05, 4.69) is 26.1 Å². The van der Waals surface area contributed by atoms with E-state index in [0.717, 1.165) is 17.1 Å². The molecule has 0 radical (unpaired) electrons. The van der Waals surface area contributed by atoms with Gasteiger partial charge in [0.25, 0.3) is 5.91 Å². The summed E-state index contributed by atoms with van der Waals surface area (Å²) in [5.41, 5.74) is 0.204. The van der Waals surface area contributed by atoms with Gasteiger partial charge >= 0.3 is 0 Å². The summed E-state index contributed by atoms with van der Waals surface area (Å²) in [5.74, 6) is 1.15. The lowest BCUT2D eigenvalue weighted by atomic mass is 9.74. The number of nitrogens with one attached hydrogen (secondary N) is 1. The first kappa shape index (κ1) is 21.2. The summed E-state index contributed by atoms with van der Waals surface area (Å²) in [5, 5.41) is 3.37. The van der Waals surface area contributed by atoms with E-state index < -0.39 is 10.0 Å². The summed E-state index contributed by atoms with van der Waals surface area (Å²) >= 11 is 6.20. The zero-order chi connectivity index (χ0) is 19.6. The Morgan fingerprint density at radius 1 is 1.27 bits per heavy atom. The number of rotatable bonds is 5. The SMILES string of the molecule is CC1CCC(C(C)C)C(NC(=O)c2cc(S(=O)(=O)N(C)C)ccc2Cl)C1. The first-order valence-electron chi connectivity index (χ1n) is 9.07. The first-order chi connectivity index (χ1) is 12.0. The molecule has 1 saturated carbocycles. The third kappa shape index (κ3) is 4.59. The summed E-state index contributed by atoms with van der Waals surface area (Å²) in [6, 6.07) is 4.34. The monoisotopic (exact) mass is 400 g/mol. The van der Waals surface area contributed by atoms with E-state index in [9.17, 15) is 13.2 Å². The summed E-state index contributed by atoms with van der Waals surface area (Å²) in [6.07, 6.45) is 3.20. The van der Waals surface area contributed by atoms with Crippen LogP contribution in [0.5, 0.6) is 0 Å². The number of benzene rings is 1. The van der Waals surface area contributed by atoms with E-state index in [1.807, 2.05) is 0 Å². The molecule has 1 aromatic rings. The minimum Gasteiger partial charge on any atom is -0.349 e. The minimum absolute atomic E-state index is 0.0643. The Morgan fingerprint density at radius 2 is 1.92 bits per heavy atom. The van der Waals surface area contributed by atoms with Gasteiger partial charge in [-0.15, -0.1) is 0 Å². The number of amides is 1. The maximum Gasteiger partial charge on any atom is 0.253 e. The third-order valence-corrected chi connectivity index (χ3v) is 7.44. The second-order valence-electron chi connectivity index (χ2n) is 7.84. The molecule has 0 aliphatic heterocycles. The second-order valence-corrected chi connectivity index (χ2v) is 10.4. The van der Waals surface area contributed by atoms with Gasteiger partial charge in [0, 0.05) is 20.1 Å². The van der Waals surface area contributed by atoms with Gasteiger partial charge in [-0.1, -0.05) is 38.8 Å². The van der Waals surface area contributed by atoms with Crippen molar-refractivity contribution < 1.29 is 13.2 Å². The van der Waals surface area contributed by atoms with E-state index in [0.29, 0.717) is 17.8 Å². The van der Waals surface area contributed by atoms with E-state index in [1.165, 1.54) is 38.7 Å². The van der Waals surface area contributed by atoms with Crippen LogP contribution in [0.3, 0.4) is 0 Å². The Labute approximate surface area is 162 Å². The van der Waals surface area contributed by atoms with Crippen LogP contribution in [0.4, 0.5) is 0 Å². The van der Waals surface area contributed by atoms with E-state index in [-0.39, 0.29) is 27.4 Å². The molecule has 0 spiro atoms. The van der Waals surface area contributed by atoms with Crippen LogP contribution in [0, 0.1) is 17.8 Å². The molecule has 0 bridgehead atoms. The number of carbonyl (C=O) groups excluding carboxylic acids is 1. The zero-order valence-electron chi connectivity index (χ0n) is 16.1. The Balaban J connectivity index is 2.29. The molecule has 146 valence electrons. The average Bonchev–Trinajstić information content (AvgIpc) is 2.54. The second kappa shape index (κ2) is 8.28. The smallest absolute Gasteiger partial charge is 0.253 e. The summed E-state index contributed by atoms with van der Waals surface area (Å²) in [7, 11) is -0.704. The number of sulfonamides is 1. The van der Waals surface area contributed by atoms with Gasteiger partial charge in [-0.25, -0.2) is 12.7 Å². The van der Waals surface area contributed by atoms with E-state index in [4.69, 9.17) is 11.6 Å². The fourth-order valence-electron chi connectivity index (χ4n) is 3.66. The molecule has 0 heterocycles. The van der Waals surface area contributed by atoms with Gasteiger partial charge in [-0.3, -0.25) is 4.79 Å². The quantitative estimate of drug-likeness (QED) is 0.817. The molecule has 1 fully saturated rings. The number of halogens is 1. The lowest BCUT2D eigenvalue weighted by Crippen LogP contribution is -2.45. The van der Waals surface area contributed by atoms with Crippen LogP contribution in [-0.2, 0) is 10.0 Å². The van der Waals surface area contributed by atoms with E-state index >= 15 is 0 Å². The number of hydrogen-bond donors (Lipinski definition) is 1. The molecule has 0 aromatic heterocycles. The summed E-state index contributed by atoms with van der Waals surface area (Å²) < 4.78 is 25.8. The zero-order valence-corrected chi connectivity index (χ0v) is 17.7. The van der Waals surface area contributed by atoms with Crippen LogP contribution in [0.1, 0.15) is 50.4 Å². The van der Waals surface area contributed by atoms with Gasteiger partial charge in [-0.2, -0.15) is 0 Å². The normalized spacial score (nSPS) is 24.1. The van der Waals surface area contributed by atoms with Crippen molar-refractivity contribution in [2.24, 2.45) is 17.8 Å². The predicted octanol–water partition coefficient (Wildman–Crippen LogP) is 3.78.